The first-order chi connectivity index (χ1) is 11.2. The fraction of sp³-hybridized carbons (Fsp3) is 0.125. The van der Waals surface area contributed by atoms with Crippen molar-refractivity contribution in [2.24, 2.45) is 0 Å². The molecule has 0 unspecified atom stereocenters. The molecule has 5 nitrogen and oxygen atoms in total. The van der Waals surface area contributed by atoms with E-state index in [2.05, 4.69) is 15.3 Å². The first kappa shape index (κ1) is 15.6. The first-order valence-corrected chi connectivity index (χ1v) is 8.02. The highest BCUT2D eigenvalue weighted by Gasteiger charge is 2.11. The van der Waals surface area contributed by atoms with Crippen molar-refractivity contribution >= 4 is 33.8 Å². The summed E-state index contributed by atoms with van der Waals surface area (Å²) in [4.78, 5) is 8.63. The van der Waals surface area contributed by atoms with E-state index < -0.39 is 0 Å². The quantitative estimate of drug-likeness (QED) is 0.682. The smallest absolute Gasteiger partial charge is 0.187 e. The molecule has 0 amide bonds. The Balaban J connectivity index is 1.88. The molecule has 0 bridgehead atoms. The second-order valence-corrected chi connectivity index (χ2v) is 5.84. The number of aromatic nitrogens is 2. The Hall–Kier alpha value is -2.31. The summed E-state index contributed by atoms with van der Waals surface area (Å²) >= 11 is 7.28. The van der Waals surface area contributed by atoms with E-state index in [0.29, 0.717) is 5.15 Å². The van der Waals surface area contributed by atoms with Crippen molar-refractivity contribution in [3.8, 4) is 22.8 Å². The summed E-state index contributed by atoms with van der Waals surface area (Å²) in [5, 5.41) is 6.38. The number of ether oxygens (including phenoxy) is 2. The number of hydrogen-bond donors (Lipinski definition) is 1. The maximum atomic E-state index is 5.78. The van der Waals surface area contributed by atoms with E-state index in [1.165, 1.54) is 11.3 Å². The molecule has 23 heavy (non-hydrogen) atoms. The van der Waals surface area contributed by atoms with Gasteiger partial charge in [-0.2, -0.15) is 0 Å². The van der Waals surface area contributed by atoms with E-state index in [4.69, 9.17) is 21.1 Å². The zero-order valence-electron chi connectivity index (χ0n) is 12.5. The number of rotatable bonds is 5. The lowest BCUT2D eigenvalue weighted by atomic mass is 10.1. The zero-order chi connectivity index (χ0) is 16.2. The molecule has 118 valence electrons. The van der Waals surface area contributed by atoms with Gasteiger partial charge in [-0.25, -0.2) is 9.97 Å². The van der Waals surface area contributed by atoms with Gasteiger partial charge >= 0.3 is 0 Å². The molecule has 3 rings (SSSR count). The maximum absolute atomic E-state index is 5.78. The second-order valence-electron chi connectivity index (χ2n) is 4.60. The summed E-state index contributed by atoms with van der Waals surface area (Å²) < 4.78 is 10.7. The van der Waals surface area contributed by atoms with E-state index in [0.717, 1.165) is 33.6 Å². The van der Waals surface area contributed by atoms with Crippen LogP contribution in [-0.2, 0) is 0 Å². The van der Waals surface area contributed by atoms with Gasteiger partial charge in [0, 0.05) is 10.9 Å². The van der Waals surface area contributed by atoms with Crippen LogP contribution in [0.25, 0.3) is 11.3 Å². The monoisotopic (exact) mass is 347 g/mol. The average Bonchev–Trinajstić information content (AvgIpc) is 3.04. The van der Waals surface area contributed by atoms with Crippen molar-refractivity contribution < 1.29 is 9.47 Å². The molecule has 0 saturated heterocycles. The van der Waals surface area contributed by atoms with E-state index >= 15 is 0 Å². The van der Waals surface area contributed by atoms with Crippen LogP contribution < -0.4 is 14.8 Å². The third kappa shape index (κ3) is 3.55. The van der Waals surface area contributed by atoms with Crippen molar-refractivity contribution in [1.29, 1.82) is 0 Å². The van der Waals surface area contributed by atoms with Crippen LogP contribution in [0.15, 0.2) is 41.9 Å². The second kappa shape index (κ2) is 6.85. The molecule has 0 spiro atoms. The number of pyridine rings is 1. The third-order valence-corrected chi connectivity index (χ3v) is 4.15. The first-order valence-electron chi connectivity index (χ1n) is 6.76. The summed E-state index contributed by atoms with van der Waals surface area (Å²) in [7, 11) is 3.27. The molecule has 0 aliphatic rings. The molecule has 0 radical (unpaired) electrons. The fourth-order valence-electron chi connectivity index (χ4n) is 2.04. The van der Waals surface area contributed by atoms with Gasteiger partial charge < -0.3 is 14.8 Å². The standard InChI is InChI=1S/C16H14ClN3O2S/c1-21-11-4-5-14(22-2)12(7-11)13-9-23-16(20-13)19-10-3-6-15(17)18-8-10/h3-9H,1-2H3,(H,19,20). The largest absolute Gasteiger partial charge is 0.497 e. The van der Waals surface area contributed by atoms with Crippen LogP contribution in [0, 0.1) is 0 Å². The van der Waals surface area contributed by atoms with Crippen LogP contribution in [0.1, 0.15) is 0 Å². The molecule has 3 aromatic rings. The van der Waals surface area contributed by atoms with Crippen LogP contribution in [0.2, 0.25) is 5.15 Å². The highest BCUT2D eigenvalue weighted by molar-refractivity contribution is 7.14. The van der Waals surface area contributed by atoms with Gasteiger partial charge in [0.2, 0.25) is 0 Å². The van der Waals surface area contributed by atoms with Gasteiger partial charge in [-0.15, -0.1) is 11.3 Å². The van der Waals surface area contributed by atoms with E-state index in [1.54, 1.807) is 26.5 Å². The van der Waals surface area contributed by atoms with Gasteiger partial charge in [-0.05, 0) is 30.3 Å². The van der Waals surface area contributed by atoms with Crippen LogP contribution in [0.5, 0.6) is 11.5 Å². The lowest BCUT2D eigenvalue weighted by Crippen LogP contribution is -1.92. The Bertz CT molecular complexity index is 805. The lowest BCUT2D eigenvalue weighted by molar-refractivity contribution is 0.404. The fourth-order valence-corrected chi connectivity index (χ4v) is 2.88. The van der Waals surface area contributed by atoms with Gasteiger partial charge in [0.1, 0.15) is 16.7 Å². The molecule has 7 heteroatoms. The van der Waals surface area contributed by atoms with Gasteiger partial charge in [0.25, 0.3) is 0 Å². The summed E-state index contributed by atoms with van der Waals surface area (Å²) in [5.74, 6) is 1.50. The van der Waals surface area contributed by atoms with Crippen LogP contribution in [0.3, 0.4) is 0 Å². The molecule has 1 aromatic carbocycles. The van der Waals surface area contributed by atoms with E-state index in [1.807, 2.05) is 29.6 Å². The molecule has 2 heterocycles. The number of methoxy groups -OCH3 is 2. The average molecular weight is 348 g/mol. The predicted molar refractivity (Wildman–Crippen MR) is 93.2 cm³/mol. The SMILES string of the molecule is COc1ccc(OC)c(-c2csc(Nc3ccc(Cl)nc3)n2)c1. The summed E-state index contributed by atoms with van der Waals surface area (Å²) in [6, 6.07) is 9.20. The van der Waals surface area contributed by atoms with Crippen molar-refractivity contribution in [2.45, 2.75) is 0 Å². The number of benzene rings is 1. The number of thiazole rings is 1. The minimum Gasteiger partial charge on any atom is -0.497 e. The zero-order valence-corrected chi connectivity index (χ0v) is 14.1. The van der Waals surface area contributed by atoms with E-state index in [-0.39, 0.29) is 0 Å². The van der Waals surface area contributed by atoms with Crippen molar-refractivity contribution in [3.05, 3.63) is 47.1 Å². The molecule has 1 N–H and O–H groups in total. The number of anilines is 2. The normalized spacial score (nSPS) is 10.4. The number of halogens is 1. The maximum Gasteiger partial charge on any atom is 0.187 e. The molecule has 2 aromatic heterocycles. The third-order valence-electron chi connectivity index (χ3n) is 3.17. The van der Waals surface area contributed by atoms with Gasteiger partial charge in [-0.3, -0.25) is 0 Å². The topological polar surface area (TPSA) is 56.3 Å². The summed E-state index contributed by atoms with van der Waals surface area (Å²) in [5.41, 5.74) is 2.52. The summed E-state index contributed by atoms with van der Waals surface area (Å²) in [6.45, 7) is 0. The molecular weight excluding hydrogens is 334 g/mol. The lowest BCUT2D eigenvalue weighted by Gasteiger charge is -2.08. The number of nitrogens with zero attached hydrogens (tertiary/aromatic N) is 2. The molecule has 0 fully saturated rings. The minimum atomic E-state index is 0.455. The van der Waals surface area contributed by atoms with Crippen LogP contribution >= 0.6 is 22.9 Å². The Morgan fingerprint density at radius 1 is 1.13 bits per heavy atom. The molecule has 0 saturated carbocycles. The van der Waals surface area contributed by atoms with Crippen LogP contribution in [0.4, 0.5) is 10.8 Å². The molecule has 0 aliphatic carbocycles. The van der Waals surface area contributed by atoms with Gasteiger partial charge in [-0.1, -0.05) is 11.6 Å². The number of nitrogens with one attached hydrogen (secondary N) is 1. The van der Waals surface area contributed by atoms with Gasteiger partial charge in [0.15, 0.2) is 5.13 Å². The summed E-state index contributed by atoms with van der Waals surface area (Å²) in [6.07, 6.45) is 1.66. The Morgan fingerprint density at radius 2 is 2.00 bits per heavy atom. The Morgan fingerprint density at radius 3 is 2.70 bits per heavy atom. The van der Waals surface area contributed by atoms with Gasteiger partial charge in [0.05, 0.1) is 31.8 Å². The van der Waals surface area contributed by atoms with Crippen LogP contribution in [-0.4, -0.2) is 24.2 Å². The van der Waals surface area contributed by atoms with E-state index in [9.17, 15) is 0 Å². The van der Waals surface area contributed by atoms with Crippen molar-refractivity contribution in [3.63, 3.8) is 0 Å². The molecular formula is C16H14ClN3O2S. The minimum absolute atomic E-state index is 0.455. The van der Waals surface area contributed by atoms with Crippen molar-refractivity contribution in [1.82, 2.24) is 9.97 Å². The molecule has 0 aliphatic heterocycles. The van der Waals surface area contributed by atoms with Crippen molar-refractivity contribution in [2.75, 3.05) is 19.5 Å². The number of hydrogen-bond acceptors (Lipinski definition) is 6. The predicted octanol–water partition coefficient (Wildman–Crippen LogP) is 4.62. The highest BCUT2D eigenvalue weighted by Crippen LogP contribution is 2.35. The Kier molecular flexibility index (Phi) is 4.64. The molecule has 0 atom stereocenters. The highest BCUT2D eigenvalue weighted by atomic mass is 35.5. The Labute approximate surface area is 142 Å².